The van der Waals surface area contributed by atoms with Gasteiger partial charge < -0.3 is 20.1 Å². The van der Waals surface area contributed by atoms with Crippen LogP contribution in [0.5, 0.6) is 5.75 Å². The minimum atomic E-state index is -0.236. The molecule has 2 saturated heterocycles. The van der Waals surface area contributed by atoms with Gasteiger partial charge in [-0.15, -0.1) is 0 Å². The number of aliphatic imine (C=N–C) groups is 1. The Hall–Kier alpha value is -1.79. The van der Waals surface area contributed by atoms with E-state index in [2.05, 4.69) is 68.4 Å². The Labute approximate surface area is 188 Å². The van der Waals surface area contributed by atoms with E-state index >= 15 is 0 Å². The van der Waals surface area contributed by atoms with Crippen molar-refractivity contribution in [3.05, 3.63) is 29.3 Å². The summed E-state index contributed by atoms with van der Waals surface area (Å²) in [5.74, 6) is 1.79. The van der Waals surface area contributed by atoms with Crippen molar-refractivity contribution in [2.24, 2.45) is 4.99 Å². The number of rotatable bonds is 7. The van der Waals surface area contributed by atoms with Gasteiger partial charge in [-0.1, -0.05) is 12.1 Å². The number of ether oxygens (including phenoxy) is 2. The molecule has 1 aromatic rings. The number of nitrogens with zero attached hydrogens (tertiary/aromatic N) is 2. The summed E-state index contributed by atoms with van der Waals surface area (Å²) in [6.45, 7) is 16.9. The molecule has 2 aliphatic heterocycles. The summed E-state index contributed by atoms with van der Waals surface area (Å²) in [5.41, 5.74) is 2.25. The van der Waals surface area contributed by atoms with E-state index in [9.17, 15) is 0 Å². The highest BCUT2D eigenvalue weighted by atomic mass is 16.5. The van der Waals surface area contributed by atoms with Crippen molar-refractivity contribution in [1.29, 1.82) is 0 Å². The van der Waals surface area contributed by atoms with Crippen LogP contribution in [0.3, 0.4) is 0 Å². The first-order chi connectivity index (χ1) is 14.8. The molecule has 31 heavy (non-hydrogen) atoms. The molecule has 6 nitrogen and oxygen atoms in total. The van der Waals surface area contributed by atoms with Crippen molar-refractivity contribution in [1.82, 2.24) is 15.5 Å². The number of likely N-dealkylation sites (tertiary alicyclic amines) is 1. The molecule has 0 atom stereocenters. The molecule has 0 spiro atoms. The predicted octanol–water partition coefficient (Wildman–Crippen LogP) is 3.87. The third-order valence-electron chi connectivity index (χ3n) is 6.18. The van der Waals surface area contributed by atoms with Crippen molar-refractivity contribution in [2.45, 2.75) is 78.0 Å². The van der Waals surface area contributed by atoms with E-state index in [0.717, 1.165) is 56.4 Å². The second kappa shape index (κ2) is 10.7. The minimum Gasteiger partial charge on any atom is -0.488 e. The number of hydrogen-bond acceptors (Lipinski definition) is 4. The average Bonchev–Trinajstić information content (AvgIpc) is 3.26. The summed E-state index contributed by atoms with van der Waals surface area (Å²) in [7, 11) is 0. The lowest BCUT2D eigenvalue weighted by atomic mass is 9.88. The zero-order valence-corrected chi connectivity index (χ0v) is 20.2. The molecule has 6 heteroatoms. The van der Waals surface area contributed by atoms with Gasteiger partial charge in [-0.2, -0.15) is 0 Å². The molecule has 0 saturated carbocycles. The standard InChI is InChI=1S/C25H42N4O2/c1-6-26-23(27-18-21-10-9-20(2)17-22(21)31-24(3,4)5)28-19-25(11-15-30-16-12-25)29-13-7-8-14-29/h9-10,17H,6-8,11-16,18-19H2,1-5H3,(H2,26,27,28). The number of benzene rings is 1. The first kappa shape index (κ1) is 23.9. The Balaban J connectivity index is 1.71. The Morgan fingerprint density at radius 1 is 1.16 bits per heavy atom. The van der Waals surface area contributed by atoms with E-state index in [-0.39, 0.29) is 11.1 Å². The van der Waals surface area contributed by atoms with Crippen molar-refractivity contribution >= 4 is 5.96 Å². The molecule has 0 bridgehead atoms. The molecular formula is C25H42N4O2. The van der Waals surface area contributed by atoms with Crippen LogP contribution in [-0.2, 0) is 11.3 Å². The van der Waals surface area contributed by atoms with Crippen LogP contribution in [0.25, 0.3) is 0 Å². The van der Waals surface area contributed by atoms with Crippen LogP contribution in [-0.4, -0.2) is 61.4 Å². The summed E-state index contributed by atoms with van der Waals surface area (Å²) < 4.78 is 11.9. The second-order valence-corrected chi connectivity index (χ2v) is 9.91. The quantitative estimate of drug-likeness (QED) is 0.508. The Bertz CT molecular complexity index is 730. The van der Waals surface area contributed by atoms with E-state index in [1.54, 1.807) is 0 Å². The topological polar surface area (TPSA) is 58.1 Å². The number of nitrogens with one attached hydrogen (secondary N) is 2. The predicted molar refractivity (Wildman–Crippen MR) is 128 cm³/mol. The lowest BCUT2D eigenvalue weighted by molar-refractivity contribution is -0.0164. The SMILES string of the molecule is CCNC(=NCc1ccc(C)cc1OC(C)(C)C)NCC1(N2CCCC2)CCOCC1. The summed E-state index contributed by atoms with van der Waals surface area (Å²) in [4.78, 5) is 7.59. The van der Waals surface area contributed by atoms with E-state index in [0.29, 0.717) is 6.54 Å². The van der Waals surface area contributed by atoms with Crippen LogP contribution in [0.2, 0.25) is 0 Å². The molecular weight excluding hydrogens is 388 g/mol. The average molecular weight is 431 g/mol. The Kier molecular flexibility index (Phi) is 8.23. The molecule has 2 N–H and O–H groups in total. The normalized spacial score (nSPS) is 20.0. The van der Waals surface area contributed by atoms with Crippen LogP contribution in [0.1, 0.15) is 64.5 Å². The van der Waals surface area contributed by atoms with Gasteiger partial charge in [-0.3, -0.25) is 4.90 Å². The van der Waals surface area contributed by atoms with Gasteiger partial charge >= 0.3 is 0 Å². The lowest BCUT2D eigenvalue weighted by Gasteiger charge is -2.45. The van der Waals surface area contributed by atoms with Crippen LogP contribution < -0.4 is 15.4 Å². The molecule has 0 radical (unpaired) electrons. The Morgan fingerprint density at radius 3 is 2.52 bits per heavy atom. The van der Waals surface area contributed by atoms with E-state index in [1.807, 2.05) is 0 Å². The first-order valence-corrected chi connectivity index (χ1v) is 11.9. The van der Waals surface area contributed by atoms with Crippen LogP contribution in [0.15, 0.2) is 23.2 Å². The van der Waals surface area contributed by atoms with E-state index < -0.39 is 0 Å². The fourth-order valence-electron chi connectivity index (χ4n) is 4.52. The van der Waals surface area contributed by atoms with Crippen molar-refractivity contribution in [3.63, 3.8) is 0 Å². The fraction of sp³-hybridized carbons (Fsp3) is 0.720. The van der Waals surface area contributed by atoms with Crippen LogP contribution in [0.4, 0.5) is 0 Å². The third kappa shape index (κ3) is 6.84. The van der Waals surface area contributed by atoms with Crippen molar-refractivity contribution in [3.8, 4) is 5.75 Å². The minimum absolute atomic E-state index is 0.176. The number of hydrogen-bond donors (Lipinski definition) is 2. The van der Waals surface area contributed by atoms with Gasteiger partial charge in [0.05, 0.1) is 6.54 Å². The van der Waals surface area contributed by atoms with Crippen molar-refractivity contribution < 1.29 is 9.47 Å². The molecule has 2 heterocycles. The maximum absolute atomic E-state index is 6.21. The zero-order valence-electron chi connectivity index (χ0n) is 20.2. The molecule has 0 amide bonds. The van der Waals surface area contributed by atoms with Crippen molar-refractivity contribution in [2.75, 3.05) is 39.4 Å². The van der Waals surface area contributed by atoms with Gasteiger partial charge in [0.25, 0.3) is 0 Å². The Morgan fingerprint density at radius 2 is 1.87 bits per heavy atom. The second-order valence-electron chi connectivity index (χ2n) is 9.91. The molecule has 2 aliphatic rings. The van der Waals surface area contributed by atoms with Crippen LogP contribution in [0, 0.1) is 6.92 Å². The molecule has 3 rings (SSSR count). The monoisotopic (exact) mass is 430 g/mol. The molecule has 0 aromatic heterocycles. The van der Waals surface area contributed by atoms with Gasteiger partial charge in [0.15, 0.2) is 5.96 Å². The third-order valence-corrected chi connectivity index (χ3v) is 6.18. The summed E-state index contributed by atoms with van der Waals surface area (Å²) in [5, 5.41) is 7.09. The fourth-order valence-corrected chi connectivity index (χ4v) is 4.52. The van der Waals surface area contributed by atoms with Gasteiger partial charge in [0.2, 0.25) is 0 Å². The molecule has 2 fully saturated rings. The first-order valence-electron chi connectivity index (χ1n) is 11.9. The smallest absolute Gasteiger partial charge is 0.191 e. The zero-order chi connectivity index (χ0) is 22.3. The van der Waals surface area contributed by atoms with E-state index in [1.165, 1.54) is 31.5 Å². The number of guanidine groups is 1. The highest BCUT2D eigenvalue weighted by Crippen LogP contribution is 2.31. The molecule has 174 valence electrons. The molecule has 0 aliphatic carbocycles. The maximum Gasteiger partial charge on any atom is 0.191 e. The highest BCUT2D eigenvalue weighted by molar-refractivity contribution is 5.79. The largest absolute Gasteiger partial charge is 0.488 e. The summed E-state index contributed by atoms with van der Waals surface area (Å²) in [6, 6.07) is 6.37. The van der Waals surface area contributed by atoms with Gasteiger partial charge in [-0.05, 0) is 85.0 Å². The van der Waals surface area contributed by atoms with Gasteiger partial charge in [0, 0.05) is 37.4 Å². The summed E-state index contributed by atoms with van der Waals surface area (Å²) >= 11 is 0. The van der Waals surface area contributed by atoms with Gasteiger partial charge in [-0.25, -0.2) is 4.99 Å². The summed E-state index contributed by atoms with van der Waals surface area (Å²) in [6.07, 6.45) is 4.78. The maximum atomic E-state index is 6.21. The highest BCUT2D eigenvalue weighted by Gasteiger charge is 2.39. The lowest BCUT2D eigenvalue weighted by Crippen LogP contribution is -2.58. The molecule has 1 aromatic carbocycles. The van der Waals surface area contributed by atoms with E-state index in [4.69, 9.17) is 14.5 Å². The van der Waals surface area contributed by atoms with Gasteiger partial charge in [0.1, 0.15) is 11.4 Å². The van der Waals surface area contributed by atoms with Crippen LogP contribution >= 0.6 is 0 Å². The molecule has 0 unspecified atom stereocenters. The number of aryl methyl sites for hydroxylation is 1.